The van der Waals surface area contributed by atoms with Crippen LogP contribution in [0.1, 0.15) is 23.2 Å². The minimum Gasteiger partial charge on any atom is -0.417 e. The Bertz CT molecular complexity index is 724. The molecule has 3 aromatic rings. The molecule has 21 heavy (non-hydrogen) atoms. The lowest BCUT2D eigenvalue weighted by molar-refractivity contribution is 0.455. The highest BCUT2D eigenvalue weighted by Crippen LogP contribution is 2.23. The van der Waals surface area contributed by atoms with Gasteiger partial charge in [-0.05, 0) is 31.7 Å². The Hall–Kier alpha value is -2.53. The van der Waals surface area contributed by atoms with Crippen molar-refractivity contribution >= 4 is 0 Å². The molecule has 0 amide bonds. The predicted molar refractivity (Wildman–Crippen MR) is 79.6 cm³/mol. The van der Waals surface area contributed by atoms with E-state index in [4.69, 9.17) is 4.42 Å². The molecule has 106 valence electrons. The first kappa shape index (κ1) is 13.5. The number of aryl methyl sites for hydroxylation is 1. The number of hydrogen-bond donors (Lipinski definition) is 1. The zero-order valence-electron chi connectivity index (χ0n) is 11.9. The molecule has 5 heteroatoms. The van der Waals surface area contributed by atoms with Crippen LogP contribution in [0.15, 0.2) is 52.9 Å². The van der Waals surface area contributed by atoms with Gasteiger partial charge in [-0.3, -0.25) is 0 Å². The SMILES string of the molecule is CNC(c1ccccc1)c1nnc(-c2cccc(C)n2)o1. The first-order chi connectivity index (χ1) is 10.3. The van der Waals surface area contributed by atoms with Crippen LogP contribution in [-0.4, -0.2) is 22.2 Å². The van der Waals surface area contributed by atoms with Crippen LogP contribution in [0.3, 0.4) is 0 Å². The molecule has 0 radical (unpaired) electrons. The first-order valence-corrected chi connectivity index (χ1v) is 6.77. The molecule has 0 bridgehead atoms. The van der Waals surface area contributed by atoms with E-state index in [9.17, 15) is 0 Å². The molecule has 0 saturated carbocycles. The second-order valence-electron chi connectivity index (χ2n) is 4.74. The van der Waals surface area contributed by atoms with Crippen LogP contribution < -0.4 is 5.32 Å². The number of nitrogens with zero attached hydrogens (tertiary/aromatic N) is 3. The maximum Gasteiger partial charge on any atom is 0.266 e. The van der Waals surface area contributed by atoms with Crippen LogP contribution >= 0.6 is 0 Å². The molecule has 0 aliphatic rings. The third-order valence-corrected chi connectivity index (χ3v) is 3.22. The summed E-state index contributed by atoms with van der Waals surface area (Å²) in [6.45, 7) is 1.93. The molecule has 1 unspecified atom stereocenters. The van der Waals surface area contributed by atoms with Crippen LogP contribution in [-0.2, 0) is 0 Å². The summed E-state index contributed by atoms with van der Waals surface area (Å²) in [6, 6.07) is 15.6. The van der Waals surface area contributed by atoms with Gasteiger partial charge in [0, 0.05) is 5.69 Å². The Morgan fingerprint density at radius 3 is 2.52 bits per heavy atom. The lowest BCUT2D eigenvalue weighted by Crippen LogP contribution is -2.17. The standard InChI is InChI=1S/C16H16N4O/c1-11-7-6-10-13(18-11)15-19-20-16(21-15)14(17-2)12-8-4-3-5-9-12/h3-10,14,17H,1-2H3. The van der Waals surface area contributed by atoms with Crippen molar-refractivity contribution in [1.29, 1.82) is 0 Å². The number of hydrogen-bond acceptors (Lipinski definition) is 5. The summed E-state index contributed by atoms with van der Waals surface area (Å²) in [5.74, 6) is 0.965. The lowest BCUT2D eigenvalue weighted by atomic mass is 10.1. The molecule has 2 heterocycles. The Labute approximate surface area is 123 Å². The maximum absolute atomic E-state index is 5.78. The van der Waals surface area contributed by atoms with Crippen molar-refractivity contribution < 1.29 is 4.42 Å². The van der Waals surface area contributed by atoms with Crippen LogP contribution in [0, 0.1) is 6.92 Å². The third kappa shape index (κ3) is 2.83. The molecule has 0 fully saturated rings. The molecule has 1 aromatic carbocycles. The largest absolute Gasteiger partial charge is 0.417 e. The summed E-state index contributed by atoms with van der Waals surface area (Å²) in [5, 5.41) is 11.4. The van der Waals surface area contributed by atoms with Gasteiger partial charge in [0.15, 0.2) is 0 Å². The van der Waals surface area contributed by atoms with Crippen molar-refractivity contribution in [2.24, 2.45) is 0 Å². The van der Waals surface area contributed by atoms with E-state index in [1.807, 2.05) is 62.5 Å². The van der Waals surface area contributed by atoms with E-state index in [1.165, 1.54) is 0 Å². The fourth-order valence-corrected chi connectivity index (χ4v) is 2.20. The molecular weight excluding hydrogens is 264 g/mol. The van der Waals surface area contributed by atoms with E-state index in [2.05, 4.69) is 20.5 Å². The Morgan fingerprint density at radius 1 is 1.00 bits per heavy atom. The average Bonchev–Trinajstić information content (AvgIpc) is 2.99. The van der Waals surface area contributed by atoms with E-state index in [1.54, 1.807) is 0 Å². The van der Waals surface area contributed by atoms with Crippen molar-refractivity contribution in [2.75, 3.05) is 7.05 Å². The highest BCUT2D eigenvalue weighted by Gasteiger charge is 2.19. The van der Waals surface area contributed by atoms with Crippen molar-refractivity contribution in [3.63, 3.8) is 0 Å². The molecule has 1 N–H and O–H groups in total. The van der Waals surface area contributed by atoms with Gasteiger partial charge in [-0.1, -0.05) is 36.4 Å². The minimum absolute atomic E-state index is 0.128. The van der Waals surface area contributed by atoms with Crippen molar-refractivity contribution in [1.82, 2.24) is 20.5 Å². The van der Waals surface area contributed by atoms with Gasteiger partial charge in [-0.25, -0.2) is 4.98 Å². The van der Waals surface area contributed by atoms with Crippen LogP contribution in [0.5, 0.6) is 0 Å². The average molecular weight is 280 g/mol. The monoisotopic (exact) mass is 280 g/mol. The Kier molecular flexibility index (Phi) is 3.75. The number of nitrogens with one attached hydrogen (secondary N) is 1. The zero-order chi connectivity index (χ0) is 14.7. The lowest BCUT2D eigenvalue weighted by Gasteiger charge is -2.11. The van der Waals surface area contributed by atoms with Crippen LogP contribution in [0.4, 0.5) is 0 Å². The third-order valence-electron chi connectivity index (χ3n) is 3.22. The molecule has 0 aliphatic carbocycles. The van der Waals surface area contributed by atoms with E-state index in [0.717, 1.165) is 11.3 Å². The van der Waals surface area contributed by atoms with Gasteiger partial charge >= 0.3 is 0 Å². The summed E-state index contributed by atoms with van der Waals surface area (Å²) in [5.41, 5.74) is 2.68. The van der Waals surface area contributed by atoms with Crippen molar-refractivity contribution in [3.8, 4) is 11.6 Å². The second-order valence-corrected chi connectivity index (χ2v) is 4.74. The quantitative estimate of drug-likeness (QED) is 0.796. The van der Waals surface area contributed by atoms with Gasteiger partial charge in [0.2, 0.25) is 5.89 Å². The predicted octanol–water partition coefficient (Wildman–Crippen LogP) is 2.75. The second kappa shape index (κ2) is 5.85. The Morgan fingerprint density at radius 2 is 1.81 bits per heavy atom. The maximum atomic E-state index is 5.78. The van der Waals surface area contributed by atoms with Gasteiger partial charge in [0.25, 0.3) is 5.89 Å². The topological polar surface area (TPSA) is 63.8 Å². The van der Waals surface area contributed by atoms with Gasteiger partial charge in [0.1, 0.15) is 11.7 Å². The van der Waals surface area contributed by atoms with Crippen molar-refractivity contribution in [3.05, 3.63) is 65.7 Å². The van der Waals surface area contributed by atoms with E-state index >= 15 is 0 Å². The number of aromatic nitrogens is 3. The number of benzene rings is 1. The Balaban J connectivity index is 1.94. The summed E-state index contributed by atoms with van der Waals surface area (Å²) >= 11 is 0. The van der Waals surface area contributed by atoms with Gasteiger partial charge in [-0.15, -0.1) is 10.2 Å². The van der Waals surface area contributed by atoms with Crippen molar-refractivity contribution in [2.45, 2.75) is 13.0 Å². The molecule has 0 saturated heterocycles. The van der Waals surface area contributed by atoms with E-state index in [-0.39, 0.29) is 6.04 Å². The molecule has 5 nitrogen and oxygen atoms in total. The highest BCUT2D eigenvalue weighted by molar-refractivity contribution is 5.46. The summed E-state index contributed by atoms with van der Waals surface area (Å²) in [6.07, 6.45) is 0. The summed E-state index contributed by atoms with van der Waals surface area (Å²) < 4.78 is 5.78. The molecule has 3 rings (SSSR count). The van der Waals surface area contributed by atoms with E-state index < -0.39 is 0 Å². The van der Waals surface area contributed by atoms with Gasteiger partial charge in [-0.2, -0.15) is 0 Å². The molecule has 2 aromatic heterocycles. The van der Waals surface area contributed by atoms with Crippen LogP contribution in [0.25, 0.3) is 11.6 Å². The fraction of sp³-hybridized carbons (Fsp3) is 0.188. The van der Waals surface area contributed by atoms with Crippen LogP contribution in [0.2, 0.25) is 0 Å². The number of rotatable bonds is 4. The highest BCUT2D eigenvalue weighted by atomic mass is 16.4. The normalized spacial score (nSPS) is 12.3. The summed E-state index contributed by atoms with van der Waals surface area (Å²) in [4.78, 5) is 4.40. The first-order valence-electron chi connectivity index (χ1n) is 6.77. The number of pyridine rings is 1. The smallest absolute Gasteiger partial charge is 0.266 e. The molecular formula is C16H16N4O. The minimum atomic E-state index is -0.128. The molecule has 1 atom stereocenters. The van der Waals surface area contributed by atoms with E-state index in [0.29, 0.717) is 17.5 Å². The van der Waals surface area contributed by atoms with Gasteiger partial charge in [0.05, 0.1) is 0 Å². The van der Waals surface area contributed by atoms with Gasteiger partial charge < -0.3 is 9.73 Å². The fourth-order valence-electron chi connectivity index (χ4n) is 2.20. The molecule has 0 spiro atoms. The zero-order valence-corrected chi connectivity index (χ0v) is 11.9. The molecule has 0 aliphatic heterocycles. The summed E-state index contributed by atoms with van der Waals surface area (Å²) in [7, 11) is 1.87.